The van der Waals surface area contributed by atoms with Gasteiger partial charge in [0.15, 0.2) is 0 Å². The fourth-order valence-electron chi connectivity index (χ4n) is 3.49. The average molecular weight is 339 g/mol. The van der Waals surface area contributed by atoms with Gasteiger partial charge in [0.2, 0.25) is 0 Å². The second-order valence-corrected chi connectivity index (χ2v) is 6.75. The highest BCUT2D eigenvalue weighted by molar-refractivity contribution is 5.69. The largest absolute Gasteiger partial charge is 0.489 e. The van der Waals surface area contributed by atoms with Crippen LogP contribution in [-0.2, 0) is 11.4 Å². The Kier molecular flexibility index (Phi) is 5.27. The number of benzene rings is 2. The molecule has 0 amide bonds. The molecular weight excluding hydrogens is 314 g/mol. The fourth-order valence-corrected chi connectivity index (χ4v) is 3.49. The lowest BCUT2D eigenvalue weighted by molar-refractivity contribution is -0.137. The molecule has 25 heavy (non-hydrogen) atoms. The topological polar surface area (TPSA) is 49.8 Å². The summed E-state index contributed by atoms with van der Waals surface area (Å²) in [7, 11) is 0. The lowest BCUT2D eigenvalue weighted by Gasteiger charge is -2.26. The zero-order valence-corrected chi connectivity index (χ0v) is 14.9. The highest BCUT2D eigenvalue weighted by Crippen LogP contribution is 2.31. The van der Waals surface area contributed by atoms with Crippen molar-refractivity contribution in [2.24, 2.45) is 0 Å². The third-order valence-corrected chi connectivity index (χ3v) is 4.92. The predicted molar refractivity (Wildman–Crippen MR) is 99.3 cm³/mol. The Morgan fingerprint density at radius 3 is 2.72 bits per heavy atom. The van der Waals surface area contributed by atoms with Gasteiger partial charge in [0.1, 0.15) is 12.4 Å². The minimum absolute atomic E-state index is 0.0932. The molecule has 132 valence electrons. The van der Waals surface area contributed by atoms with E-state index < -0.39 is 5.97 Å². The zero-order valence-electron chi connectivity index (χ0n) is 14.9. The second kappa shape index (κ2) is 7.60. The van der Waals surface area contributed by atoms with Gasteiger partial charge in [-0.05, 0) is 61.6 Å². The number of ether oxygens (including phenoxy) is 1. The molecule has 0 aromatic heterocycles. The number of aliphatic carboxylic acids is 1. The molecule has 0 radical (unpaired) electrons. The Bertz CT molecular complexity index is 757. The van der Waals surface area contributed by atoms with Gasteiger partial charge in [-0.3, -0.25) is 4.79 Å². The third-order valence-electron chi connectivity index (χ3n) is 4.92. The minimum atomic E-state index is -0.730. The average Bonchev–Trinajstić information content (AvgIpc) is 3.02. The molecule has 1 N–H and O–H groups in total. The van der Waals surface area contributed by atoms with Crippen molar-refractivity contribution in [2.75, 3.05) is 11.4 Å². The molecule has 0 saturated carbocycles. The highest BCUT2D eigenvalue weighted by atomic mass is 16.5. The number of carboxylic acids is 1. The standard InChI is InChI=1S/C21H25NO3/c1-15-6-3-4-7-17(15)14-25-20-10-9-19(12-16(20)2)22-11-5-8-18(22)13-21(23)24/h3-4,6-7,9-10,12,18H,5,8,11,13-14H2,1-2H3,(H,23,24)/t18-/m0/s1. The quantitative estimate of drug-likeness (QED) is 0.851. The summed E-state index contributed by atoms with van der Waals surface area (Å²) in [5, 5.41) is 9.09. The normalized spacial score (nSPS) is 16.9. The van der Waals surface area contributed by atoms with Crippen LogP contribution in [0.25, 0.3) is 0 Å². The van der Waals surface area contributed by atoms with E-state index in [0.717, 1.165) is 36.4 Å². The van der Waals surface area contributed by atoms with Crippen LogP contribution in [0.15, 0.2) is 42.5 Å². The molecule has 2 aromatic rings. The maximum Gasteiger partial charge on any atom is 0.305 e. The van der Waals surface area contributed by atoms with Gasteiger partial charge in [0, 0.05) is 18.3 Å². The van der Waals surface area contributed by atoms with Crippen LogP contribution in [0, 0.1) is 13.8 Å². The van der Waals surface area contributed by atoms with Crippen LogP contribution in [0.1, 0.15) is 36.0 Å². The number of anilines is 1. The molecular formula is C21H25NO3. The van der Waals surface area contributed by atoms with E-state index in [0.29, 0.717) is 6.61 Å². The molecule has 1 saturated heterocycles. The summed E-state index contributed by atoms with van der Waals surface area (Å²) in [4.78, 5) is 13.3. The van der Waals surface area contributed by atoms with E-state index >= 15 is 0 Å². The molecule has 0 bridgehead atoms. The molecule has 4 heteroatoms. The van der Waals surface area contributed by atoms with Crippen LogP contribution in [0.5, 0.6) is 5.75 Å². The first-order valence-electron chi connectivity index (χ1n) is 8.81. The molecule has 1 heterocycles. The summed E-state index contributed by atoms with van der Waals surface area (Å²) < 4.78 is 6.00. The number of carbonyl (C=O) groups is 1. The number of hydrogen-bond donors (Lipinski definition) is 1. The van der Waals surface area contributed by atoms with Crippen molar-refractivity contribution in [3.8, 4) is 5.75 Å². The number of hydrogen-bond acceptors (Lipinski definition) is 3. The van der Waals surface area contributed by atoms with Crippen LogP contribution in [0.4, 0.5) is 5.69 Å². The first kappa shape index (κ1) is 17.3. The Morgan fingerprint density at radius 1 is 1.20 bits per heavy atom. The van der Waals surface area contributed by atoms with E-state index in [1.165, 1.54) is 11.1 Å². The Hall–Kier alpha value is -2.49. The van der Waals surface area contributed by atoms with Crippen molar-refractivity contribution in [1.29, 1.82) is 0 Å². The highest BCUT2D eigenvalue weighted by Gasteiger charge is 2.27. The van der Waals surface area contributed by atoms with Gasteiger partial charge in [-0.2, -0.15) is 0 Å². The molecule has 1 aliphatic heterocycles. The summed E-state index contributed by atoms with van der Waals surface area (Å²) in [5.41, 5.74) is 4.58. The van der Waals surface area contributed by atoms with E-state index in [1.54, 1.807) is 0 Å². The molecule has 0 aliphatic carbocycles. The molecule has 1 aliphatic rings. The van der Waals surface area contributed by atoms with Gasteiger partial charge in [-0.1, -0.05) is 24.3 Å². The van der Waals surface area contributed by atoms with E-state index in [9.17, 15) is 4.79 Å². The molecule has 4 nitrogen and oxygen atoms in total. The molecule has 0 spiro atoms. The van der Waals surface area contributed by atoms with Gasteiger partial charge in [-0.25, -0.2) is 0 Å². The summed E-state index contributed by atoms with van der Waals surface area (Å²) in [6.07, 6.45) is 2.18. The van der Waals surface area contributed by atoms with Gasteiger partial charge < -0.3 is 14.7 Å². The Morgan fingerprint density at radius 2 is 2.00 bits per heavy atom. The van der Waals surface area contributed by atoms with Crippen molar-refractivity contribution in [3.63, 3.8) is 0 Å². The molecule has 1 atom stereocenters. The summed E-state index contributed by atoms with van der Waals surface area (Å²) in [6, 6.07) is 14.5. The number of carboxylic acid groups (broad SMARTS) is 1. The SMILES string of the molecule is Cc1ccccc1COc1ccc(N2CCC[C@H]2CC(=O)O)cc1C. The first-order chi connectivity index (χ1) is 12.0. The summed E-state index contributed by atoms with van der Waals surface area (Å²) in [6.45, 7) is 5.60. The number of nitrogens with zero attached hydrogens (tertiary/aromatic N) is 1. The second-order valence-electron chi connectivity index (χ2n) is 6.75. The van der Waals surface area contributed by atoms with E-state index in [2.05, 4.69) is 30.0 Å². The van der Waals surface area contributed by atoms with Gasteiger partial charge in [0.05, 0.1) is 6.42 Å². The molecule has 1 fully saturated rings. The maximum atomic E-state index is 11.1. The monoisotopic (exact) mass is 339 g/mol. The molecule has 2 aromatic carbocycles. The molecule has 0 unspecified atom stereocenters. The van der Waals surface area contributed by atoms with Crippen LogP contribution >= 0.6 is 0 Å². The van der Waals surface area contributed by atoms with Crippen LogP contribution < -0.4 is 9.64 Å². The van der Waals surface area contributed by atoms with Crippen LogP contribution in [0.2, 0.25) is 0 Å². The van der Waals surface area contributed by atoms with Gasteiger partial charge >= 0.3 is 5.97 Å². The first-order valence-corrected chi connectivity index (χ1v) is 8.81. The smallest absolute Gasteiger partial charge is 0.305 e. The van der Waals surface area contributed by atoms with Gasteiger partial charge in [0.25, 0.3) is 0 Å². The van der Waals surface area contributed by atoms with E-state index in [1.807, 2.05) is 31.2 Å². The van der Waals surface area contributed by atoms with Crippen molar-refractivity contribution < 1.29 is 14.6 Å². The zero-order chi connectivity index (χ0) is 17.8. The van der Waals surface area contributed by atoms with Crippen molar-refractivity contribution in [3.05, 3.63) is 59.2 Å². The lowest BCUT2D eigenvalue weighted by atomic mass is 10.1. The lowest BCUT2D eigenvalue weighted by Crippen LogP contribution is -2.31. The molecule has 3 rings (SSSR count). The minimum Gasteiger partial charge on any atom is -0.489 e. The fraction of sp³-hybridized carbons (Fsp3) is 0.381. The third kappa shape index (κ3) is 4.13. The number of aryl methyl sites for hydroxylation is 2. The predicted octanol–water partition coefficient (Wildman–Crippen LogP) is 4.33. The summed E-state index contributed by atoms with van der Waals surface area (Å²) >= 11 is 0. The number of rotatable bonds is 6. The Labute approximate surface area is 149 Å². The van der Waals surface area contributed by atoms with E-state index in [4.69, 9.17) is 9.84 Å². The maximum absolute atomic E-state index is 11.1. The van der Waals surface area contributed by atoms with Crippen LogP contribution in [-0.4, -0.2) is 23.7 Å². The summed E-state index contributed by atoms with van der Waals surface area (Å²) in [5.74, 6) is 0.146. The van der Waals surface area contributed by atoms with Crippen molar-refractivity contribution in [2.45, 2.75) is 45.8 Å². The Balaban J connectivity index is 1.70. The van der Waals surface area contributed by atoms with Gasteiger partial charge in [-0.15, -0.1) is 0 Å². The van der Waals surface area contributed by atoms with Crippen molar-refractivity contribution in [1.82, 2.24) is 0 Å². The van der Waals surface area contributed by atoms with E-state index in [-0.39, 0.29) is 12.5 Å². The van der Waals surface area contributed by atoms with Crippen molar-refractivity contribution >= 4 is 11.7 Å². The van der Waals surface area contributed by atoms with Crippen LogP contribution in [0.3, 0.4) is 0 Å².